The smallest absolute Gasteiger partial charge is 0.310 e. The molecular weight excluding hydrogens is 380 g/mol. The Bertz CT molecular complexity index is 411. The summed E-state index contributed by atoms with van der Waals surface area (Å²) in [6, 6.07) is 0. The lowest BCUT2D eigenvalue weighted by Crippen LogP contribution is -1.98. The molecular formula is C29H54O2. The third-order valence-corrected chi connectivity index (χ3v) is 5.91. The van der Waals surface area contributed by atoms with E-state index in [0.29, 0.717) is 6.42 Å². The zero-order valence-electron chi connectivity index (χ0n) is 21.2. The van der Waals surface area contributed by atoms with E-state index in [4.69, 9.17) is 4.74 Å². The largest absolute Gasteiger partial charge is 0.435 e. The quantitative estimate of drug-likeness (QED) is 0.0653. The molecule has 0 atom stereocenters. The maximum absolute atomic E-state index is 11.7. The minimum atomic E-state index is -0.0755. The van der Waals surface area contributed by atoms with Crippen LogP contribution in [0.5, 0.6) is 0 Å². The third kappa shape index (κ3) is 26.9. The Morgan fingerprint density at radius 1 is 0.516 bits per heavy atom. The molecule has 0 N–H and O–H groups in total. The van der Waals surface area contributed by atoms with Crippen molar-refractivity contribution in [3.63, 3.8) is 0 Å². The topological polar surface area (TPSA) is 26.3 Å². The standard InChI is InChI=1S/C29H54O2/c1-3-5-7-9-11-13-14-15-16-17-18-19-21-23-25-27-29(30)31-28-26-24-22-20-12-10-8-6-4-2/h15-16,26,28H,3-14,17-25,27H2,1-2H3. The van der Waals surface area contributed by atoms with Crippen molar-refractivity contribution in [2.75, 3.05) is 0 Å². The van der Waals surface area contributed by atoms with Gasteiger partial charge in [-0.1, -0.05) is 116 Å². The van der Waals surface area contributed by atoms with Gasteiger partial charge < -0.3 is 4.74 Å². The van der Waals surface area contributed by atoms with Crippen molar-refractivity contribution in [2.45, 2.75) is 155 Å². The van der Waals surface area contributed by atoms with E-state index in [1.807, 2.05) is 6.08 Å². The molecule has 0 aromatic carbocycles. The van der Waals surface area contributed by atoms with Crippen LogP contribution in [0.3, 0.4) is 0 Å². The SMILES string of the molecule is CCCCCCCCC=CCCCCCCCC(=O)OC=CCCCCCCCCC. The zero-order valence-corrected chi connectivity index (χ0v) is 21.2. The van der Waals surface area contributed by atoms with Crippen LogP contribution in [0.4, 0.5) is 0 Å². The Kier molecular flexibility index (Phi) is 26.1. The van der Waals surface area contributed by atoms with E-state index in [-0.39, 0.29) is 5.97 Å². The summed E-state index contributed by atoms with van der Waals surface area (Å²) in [7, 11) is 0. The van der Waals surface area contributed by atoms with Gasteiger partial charge in [-0.15, -0.1) is 0 Å². The number of ether oxygens (including phenoxy) is 1. The van der Waals surface area contributed by atoms with Gasteiger partial charge in [-0.05, 0) is 51.0 Å². The van der Waals surface area contributed by atoms with Gasteiger partial charge in [-0.3, -0.25) is 4.79 Å². The molecule has 0 unspecified atom stereocenters. The first-order valence-corrected chi connectivity index (χ1v) is 13.8. The number of hydrogen-bond donors (Lipinski definition) is 0. The van der Waals surface area contributed by atoms with Gasteiger partial charge in [0.05, 0.1) is 6.26 Å². The van der Waals surface area contributed by atoms with Gasteiger partial charge in [0, 0.05) is 6.42 Å². The van der Waals surface area contributed by atoms with Crippen molar-refractivity contribution in [3.05, 3.63) is 24.5 Å². The molecule has 0 aliphatic heterocycles. The summed E-state index contributed by atoms with van der Waals surface area (Å²) in [5.41, 5.74) is 0. The van der Waals surface area contributed by atoms with Crippen LogP contribution in [-0.2, 0) is 9.53 Å². The fraction of sp³-hybridized carbons (Fsp3) is 0.828. The molecule has 31 heavy (non-hydrogen) atoms. The minimum Gasteiger partial charge on any atom is -0.435 e. The van der Waals surface area contributed by atoms with E-state index in [1.54, 1.807) is 6.26 Å². The fourth-order valence-corrected chi connectivity index (χ4v) is 3.81. The number of rotatable bonds is 24. The molecule has 0 saturated carbocycles. The van der Waals surface area contributed by atoms with Crippen LogP contribution in [0.15, 0.2) is 24.5 Å². The molecule has 182 valence electrons. The molecule has 0 amide bonds. The highest BCUT2D eigenvalue weighted by Crippen LogP contribution is 2.11. The van der Waals surface area contributed by atoms with Crippen LogP contribution < -0.4 is 0 Å². The summed E-state index contributed by atoms with van der Waals surface area (Å²) in [5.74, 6) is -0.0755. The van der Waals surface area contributed by atoms with Gasteiger partial charge >= 0.3 is 5.97 Å². The summed E-state index contributed by atoms with van der Waals surface area (Å²) in [6.07, 6.45) is 35.8. The molecule has 0 aliphatic rings. The lowest BCUT2D eigenvalue weighted by atomic mass is 10.1. The molecule has 2 nitrogen and oxygen atoms in total. The predicted octanol–water partition coefficient (Wildman–Crippen LogP) is 10.2. The van der Waals surface area contributed by atoms with Gasteiger partial charge in [-0.2, -0.15) is 0 Å². The molecule has 0 rings (SSSR count). The highest BCUT2D eigenvalue weighted by atomic mass is 16.5. The van der Waals surface area contributed by atoms with Crippen LogP contribution in [0.25, 0.3) is 0 Å². The van der Waals surface area contributed by atoms with E-state index < -0.39 is 0 Å². The summed E-state index contributed by atoms with van der Waals surface area (Å²) >= 11 is 0. The number of carbonyl (C=O) groups excluding carboxylic acids is 1. The van der Waals surface area contributed by atoms with Gasteiger partial charge in [-0.25, -0.2) is 0 Å². The first-order valence-electron chi connectivity index (χ1n) is 13.8. The Hall–Kier alpha value is -1.05. The molecule has 0 bridgehead atoms. The normalized spacial score (nSPS) is 11.7. The summed E-state index contributed by atoms with van der Waals surface area (Å²) in [5, 5.41) is 0. The maximum Gasteiger partial charge on any atom is 0.310 e. The van der Waals surface area contributed by atoms with E-state index in [9.17, 15) is 4.79 Å². The van der Waals surface area contributed by atoms with Crippen LogP contribution in [0.1, 0.15) is 155 Å². The second kappa shape index (κ2) is 27.0. The number of esters is 1. The molecule has 0 aromatic heterocycles. The maximum atomic E-state index is 11.7. The molecule has 0 radical (unpaired) electrons. The van der Waals surface area contributed by atoms with Crippen molar-refractivity contribution < 1.29 is 9.53 Å². The Morgan fingerprint density at radius 3 is 1.39 bits per heavy atom. The molecule has 0 fully saturated rings. The molecule has 0 aromatic rings. The van der Waals surface area contributed by atoms with Crippen molar-refractivity contribution in [1.82, 2.24) is 0 Å². The van der Waals surface area contributed by atoms with E-state index in [0.717, 1.165) is 19.3 Å². The van der Waals surface area contributed by atoms with E-state index in [1.165, 1.54) is 116 Å². The third-order valence-electron chi connectivity index (χ3n) is 5.91. The highest BCUT2D eigenvalue weighted by Gasteiger charge is 2.00. The highest BCUT2D eigenvalue weighted by molar-refractivity contribution is 5.69. The molecule has 0 aliphatic carbocycles. The number of unbranched alkanes of at least 4 members (excludes halogenated alkanes) is 18. The van der Waals surface area contributed by atoms with Crippen LogP contribution in [-0.4, -0.2) is 5.97 Å². The monoisotopic (exact) mass is 434 g/mol. The molecule has 2 heteroatoms. The van der Waals surface area contributed by atoms with Crippen molar-refractivity contribution >= 4 is 5.97 Å². The van der Waals surface area contributed by atoms with E-state index >= 15 is 0 Å². The Labute approximate surface area is 195 Å². The van der Waals surface area contributed by atoms with Crippen molar-refractivity contribution in [2.24, 2.45) is 0 Å². The van der Waals surface area contributed by atoms with Crippen LogP contribution in [0.2, 0.25) is 0 Å². The second-order valence-electron chi connectivity index (χ2n) is 9.11. The van der Waals surface area contributed by atoms with Gasteiger partial charge in [0.15, 0.2) is 0 Å². The first-order chi connectivity index (χ1) is 15.3. The predicted molar refractivity (Wildman–Crippen MR) is 137 cm³/mol. The van der Waals surface area contributed by atoms with E-state index in [2.05, 4.69) is 26.0 Å². The minimum absolute atomic E-state index is 0.0755. The average Bonchev–Trinajstić information content (AvgIpc) is 2.77. The molecule has 0 heterocycles. The van der Waals surface area contributed by atoms with Gasteiger partial charge in [0.1, 0.15) is 0 Å². The van der Waals surface area contributed by atoms with Crippen molar-refractivity contribution in [1.29, 1.82) is 0 Å². The summed E-state index contributed by atoms with van der Waals surface area (Å²) in [6.45, 7) is 4.53. The lowest BCUT2D eigenvalue weighted by Gasteiger charge is -2.01. The fourth-order valence-electron chi connectivity index (χ4n) is 3.81. The lowest BCUT2D eigenvalue weighted by molar-refractivity contribution is -0.138. The number of allylic oxidation sites excluding steroid dienone is 3. The number of hydrogen-bond acceptors (Lipinski definition) is 2. The van der Waals surface area contributed by atoms with Crippen molar-refractivity contribution in [3.8, 4) is 0 Å². The molecule has 0 spiro atoms. The van der Waals surface area contributed by atoms with Gasteiger partial charge in [0.2, 0.25) is 0 Å². The summed E-state index contributed by atoms with van der Waals surface area (Å²) in [4.78, 5) is 11.7. The first kappa shape index (κ1) is 29.9. The Morgan fingerprint density at radius 2 is 0.903 bits per heavy atom. The van der Waals surface area contributed by atoms with Crippen LogP contribution in [0, 0.1) is 0 Å². The molecule has 0 saturated heterocycles. The zero-order chi connectivity index (χ0) is 22.7. The second-order valence-corrected chi connectivity index (χ2v) is 9.11. The summed E-state index contributed by atoms with van der Waals surface area (Å²) < 4.78 is 5.19. The Balaban J connectivity index is 3.27. The van der Waals surface area contributed by atoms with Crippen LogP contribution >= 0.6 is 0 Å². The average molecular weight is 435 g/mol. The van der Waals surface area contributed by atoms with Gasteiger partial charge in [0.25, 0.3) is 0 Å². The number of carbonyl (C=O) groups is 1.